The van der Waals surface area contributed by atoms with Gasteiger partial charge in [0, 0.05) is 26.6 Å². The molecule has 1 aliphatic rings. The van der Waals surface area contributed by atoms with Crippen LogP contribution in [0, 0.1) is 0 Å². The third-order valence-corrected chi connectivity index (χ3v) is 3.02. The monoisotopic (exact) mass is 268 g/mol. The van der Waals surface area contributed by atoms with E-state index in [1.54, 1.807) is 13.4 Å². The van der Waals surface area contributed by atoms with Crippen LogP contribution in [0.5, 0.6) is 0 Å². The van der Waals surface area contributed by atoms with Crippen LogP contribution in [-0.4, -0.2) is 55.4 Å². The molecular formula is C12H20N4O3. The lowest BCUT2D eigenvalue weighted by Gasteiger charge is -2.22. The predicted molar refractivity (Wildman–Crippen MR) is 68.6 cm³/mol. The highest BCUT2D eigenvalue weighted by molar-refractivity contribution is 5.82. The van der Waals surface area contributed by atoms with Crippen molar-refractivity contribution in [2.45, 2.75) is 19.0 Å². The smallest absolute Gasteiger partial charge is 0.237 e. The first-order valence-corrected chi connectivity index (χ1v) is 6.40. The number of aromatic nitrogens is 2. The van der Waals surface area contributed by atoms with E-state index in [1.807, 2.05) is 0 Å². The molecule has 19 heavy (non-hydrogen) atoms. The molecule has 1 unspecified atom stereocenters. The average Bonchev–Trinajstić information content (AvgIpc) is 2.89. The minimum Gasteiger partial charge on any atom is -0.382 e. The molecule has 0 fully saturated rings. The first-order valence-electron chi connectivity index (χ1n) is 6.40. The van der Waals surface area contributed by atoms with Gasteiger partial charge in [-0.25, -0.2) is 4.98 Å². The van der Waals surface area contributed by atoms with Gasteiger partial charge in [0.15, 0.2) is 0 Å². The summed E-state index contributed by atoms with van der Waals surface area (Å²) in [6.07, 6.45) is 2.28. The van der Waals surface area contributed by atoms with Gasteiger partial charge < -0.3 is 19.8 Å². The highest BCUT2D eigenvalue weighted by atomic mass is 16.5. The fourth-order valence-electron chi connectivity index (χ4n) is 1.97. The zero-order valence-electron chi connectivity index (χ0n) is 11.1. The fraction of sp³-hybridized carbons (Fsp3) is 0.667. The summed E-state index contributed by atoms with van der Waals surface area (Å²) in [7, 11) is 1.63. The summed E-state index contributed by atoms with van der Waals surface area (Å²) in [6, 6.07) is -0.213. The molecule has 1 atom stereocenters. The number of carbonyl (C=O) groups is 1. The number of imidazole rings is 1. The van der Waals surface area contributed by atoms with E-state index in [9.17, 15) is 4.79 Å². The number of rotatable bonds is 7. The van der Waals surface area contributed by atoms with E-state index in [0.717, 1.165) is 11.4 Å². The van der Waals surface area contributed by atoms with Crippen molar-refractivity contribution in [1.82, 2.24) is 20.6 Å². The Bertz CT molecular complexity index is 407. The van der Waals surface area contributed by atoms with Crippen LogP contribution in [0.3, 0.4) is 0 Å². The van der Waals surface area contributed by atoms with E-state index in [-0.39, 0.29) is 11.9 Å². The highest BCUT2D eigenvalue weighted by Crippen LogP contribution is 2.11. The molecule has 0 spiro atoms. The van der Waals surface area contributed by atoms with Gasteiger partial charge >= 0.3 is 0 Å². The van der Waals surface area contributed by atoms with Crippen LogP contribution in [0.2, 0.25) is 0 Å². The summed E-state index contributed by atoms with van der Waals surface area (Å²) in [5.74, 6) is -0.0102. The van der Waals surface area contributed by atoms with E-state index in [4.69, 9.17) is 9.47 Å². The number of methoxy groups -OCH3 is 1. The Morgan fingerprint density at radius 1 is 1.53 bits per heavy atom. The minimum absolute atomic E-state index is 0.0102. The number of fused-ring (bicyclic) bond motifs is 1. The number of hydrogen-bond donors (Lipinski definition) is 3. The molecule has 0 bridgehead atoms. The first kappa shape index (κ1) is 14.0. The second-order valence-electron chi connectivity index (χ2n) is 4.36. The van der Waals surface area contributed by atoms with Crippen molar-refractivity contribution in [2.24, 2.45) is 0 Å². The third-order valence-electron chi connectivity index (χ3n) is 3.02. The number of aromatic amines is 1. The van der Waals surface area contributed by atoms with Gasteiger partial charge in [-0.15, -0.1) is 0 Å². The molecule has 0 radical (unpaired) electrons. The zero-order chi connectivity index (χ0) is 13.5. The first-order chi connectivity index (χ1) is 9.31. The molecule has 2 rings (SSSR count). The third kappa shape index (κ3) is 4.02. The Labute approximate surface area is 112 Å². The molecule has 0 saturated heterocycles. The fourth-order valence-corrected chi connectivity index (χ4v) is 1.97. The van der Waals surface area contributed by atoms with E-state index >= 15 is 0 Å². The maximum Gasteiger partial charge on any atom is 0.237 e. The molecule has 2 heterocycles. The van der Waals surface area contributed by atoms with E-state index in [2.05, 4.69) is 20.6 Å². The Morgan fingerprint density at radius 3 is 3.26 bits per heavy atom. The number of nitrogens with zero attached hydrogens (tertiary/aromatic N) is 1. The maximum absolute atomic E-state index is 11.9. The molecule has 0 aromatic carbocycles. The van der Waals surface area contributed by atoms with Gasteiger partial charge in [0.2, 0.25) is 5.91 Å². The van der Waals surface area contributed by atoms with Crippen molar-refractivity contribution in [1.29, 1.82) is 0 Å². The van der Waals surface area contributed by atoms with Crippen molar-refractivity contribution in [3.05, 3.63) is 17.7 Å². The van der Waals surface area contributed by atoms with Crippen molar-refractivity contribution >= 4 is 5.91 Å². The molecule has 1 aromatic rings. The van der Waals surface area contributed by atoms with Crippen LogP contribution >= 0.6 is 0 Å². The van der Waals surface area contributed by atoms with Crippen molar-refractivity contribution < 1.29 is 14.3 Å². The molecule has 7 nitrogen and oxygen atoms in total. The standard InChI is InChI=1S/C12H20N4O3/c1-18-4-5-19-3-2-13-12(17)10-6-9-11(7-14-10)16-8-15-9/h8,10,14H,2-7H2,1H3,(H,13,17)(H,15,16). The molecule has 0 aliphatic carbocycles. The van der Waals surface area contributed by atoms with Gasteiger partial charge in [0.1, 0.15) is 0 Å². The van der Waals surface area contributed by atoms with Gasteiger partial charge in [0.25, 0.3) is 0 Å². The lowest BCUT2D eigenvalue weighted by atomic mass is 10.1. The number of nitrogens with one attached hydrogen (secondary N) is 3. The predicted octanol–water partition coefficient (Wildman–Crippen LogP) is -0.797. The normalized spacial score (nSPS) is 18.1. The molecule has 3 N–H and O–H groups in total. The van der Waals surface area contributed by atoms with Crippen LogP contribution in [0.4, 0.5) is 0 Å². The largest absolute Gasteiger partial charge is 0.382 e. The van der Waals surface area contributed by atoms with Crippen LogP contribution in [0.25, 0.3) is 0 Å². The van der Waals surface area contributed by atoms with Crippen LogP contribution < -0.4 is 10.6 Å². The molecular weight excluding hydrogens is 248 g/mol. The average molecular weight is 268 g/mol. The quantitative estimate of drug-likeness (QED) is 0.564. The number of ether oxygens (including phenoxy) is 2. The van der Waals surface area contributed by atoms with Gasteiger partial charge in [-0.1, -0.05) is 0 Å². The highest BCUT2D eigenvalue weighted by Gasteiger charge is 2.25. The van der Waals surface area contributed by atoms with Crippen molar-refractivity contribution in [2.75, 3.05) is 33.5 Å². The van der Waals surface area contributed by atoms with E-state index in [0.29, 0.717) is 39.3 Å². The second kappa shape index (κ2) is 7.22. The Balaban J connectivity index is 1.64. The van der Waals surface area contributed by atoms with E-state index < -0.39 is 0 Å². The SMILES string of the molecule is COCCOCCNC(=O)C1Cc2nc[nH]c2CN1. The van der Waals surface area contributed by atoms with Crippen LogP contribution in [0.1, 0.15) is 11.4 Å². The Kier molecular flexibility index (Phi) is 5.31. The van der Waals surface area contributed by atoms with E-state index in [1.165, 1.54) is 0 Å². The summed E-state index contributed by atoms with van der Waals surface area (Å²) < 4.78 is 10.1. The summed E-state index contributed by atoms with van der Waals surface area (Å²) in [5, 5.41) is 6.03. The topological polar surface area (TPSA) is 88.3 Å². The lowest BCUT2D eigenvalue weighted by molar-refractivity contribution is -0.123. The second-order valence-corrected chi connectivity index (χ2v) is 4.36. The molecule has 106 valence electrons. The maximum atomic E-state index is 11.9. The Morgan fingerprint density at radius 2 is 2.42 bits per heavy atom. The Hall–Kier alpha value is -1.44. The number of hydrogen-bond acceptors (Lipinski definition) is 5. The van der Waals surface area contributed by atoms with Gasteiger partial charge in [0.05, 0.1) is 43.6 Å². The number of amides is 1. The van der Waals surface area contributed by atoms with Crippen LogP contribution in [-0.2, 0) is 27.2 Å². The molecule has 1 aliphatic heterocycles. The lowest BCUT2D eigenvalue weighted by Crippen LogP contribution is -2.48. The molecule has 0 saturated carbocycles. The number of H-pyrrole nitrogens is 1. The van der Waals surface area contributed by atoms with Crippen LogP contribution in [0.15, 0.2) is 6.33 Å². The summed E-state index contributed by atoms with van der Waals surface area (Å²) in [4.78, 5) is 19.2. The van der Waals surface area contributed by atoms with Gasteiger partial charge in [-0.3, -0.25) is 10.1 Å². The zero-order valence-corrected chi connectivity index (χ0v) is 11.1. The number of carbonyl (C=O) groups excluding carboxylic acids is 1. The summed E-state index contributed by atoms with van der Waals surface area (Å²) in [5.41, 5.74) is 2.03. The molecule has 1 aromatic heterocycles. The summed E-state index contributed by atoms with van der Waals surface area (Å²) >= 11 is 0. The van der Waals surface area contributed by atoms with Crippen molar-refractivity contribution in [3.8, 4) is 0 Å². The summed E-state index contributed by atoms with van der Waals surface area (Å²) in [6.45, 7) is 2.77. The van der Waals surface area contributed by atoms with Gasteiger partial charge in [-0.05, 0) is 0 Å². The molecule has 7 heteroatoms. The van der Waals surface area contributed by atoms with Crippen molar-refractivity contribution in [3.63, 3.8) is 0 Å². The van der Waals surface area contributed by atoms with Gasteiger partial charge in [-0.2, -0.15) is 0 Å². The molecule has 1 amide bonds. The minimum atomic E-state index is -0.213.